The summed E-state index contributed by atoms with van der Waals surface area (Å²) in [7, 11) is 0. The molecule has 0 aliphatic rings. The summed E-state index contributed by atoms with van der Waals surface area (Å²) < 4.78 is 7.53. The summed E-state index contributed by atoms with van der Waals surface area (Å²) in [5.41, 5.74) is 2.82. The number of unbranched alkanes of at least 4 members (excludes halogenated alkanes) is 3. The Labute approximate surface area is 155 Å². The van der Waals surface area contributed by atoms with Crippen LogP contribution in [0.1, 0.15) is 66.2 Å². The van der Waals surface area contributed by atoms with Crippen molar-refractivity contribution >= 4 is 24.1 Å². The number of nitrogens with one attached hydrogen (secondary N) is 1. The van der Waals surface area contributed by atoms with Crippen LogP contribution in [0.25, 0.3) is 0 Å². The van der Waals surface area contributed by atoms with Crippen LogP contribution in [0.15, 0.2) is 40.0 Å². The second kappa shape index (κ2) is 12.9. The number of hydrogen-bond acceptors (Lipinski definition) is 1. The monoisotopic (exact) mass is 437 g/mol. The van der Waals surface area contributed by atoms with Gasteiger partial charge in [0.2, 0.25) is 0 Å². The summed E-state index contributed by atoms with van der Waals surface area (Å²) in [6.07, 6.45) is 8.39. The van der Waals surface area contributed by atoms with Gasteiger partial charge in [0.15, 0.2) is 0 Å². The van der Waals surface area contributed by atoms with Gasteiger partial charge in [-0.2, -0.15) is 0 Å². The normalized spacial score (nSPS) is 12.4. The van der Waals surface area contributed by atoms with Crippen molar-refractivity contribution in [3.63, 3.8) is 0 Å². The van der Waals surface area contributed by atoms with Crippen molar-refractivity contribution in [2.45, 2.75) is 79.5 Å². The SMILES string of the molecule is CCC[CH2][Sn](/[CH]=C(/C)CNc1ccccc1)([CH2]CCC)[CH2]CCC. The van der Waals surface area contributed by atoms with Crippen LogP contribution in [-0.4, -0.2) is 24.9 Å². The minimum atomic E-state index is -2.12. The van der Waals surface area contributed by atoms with Crippen molar-refractivity contribution in [1.29, 1.82) is 0 Å². The fraction of sp³-hybridized carbons (Fsp3) is 0.636. The summed E-state index contributed by atoms with van der Waals surface area (Å²) in [6.45, 7) is 10.4. The molecule has 0 saturated carbocycles. The topological polar surface area (TPSA) is 12.0 Å². The Morgan fingerprint density at radius 2 is 1.38 bits per heavy atom. The average molecular weight is 436 g/mol. The van der Waals surface area contributed by atoms with Gasteiger partial charge in [0, 0.05) is 0 Å². The van der Waals surface area contributed by atoms with Gasteiger partial charge >= 0.3 is 155 Å². The molecule has 0 aliphatic carbocycles. The number of anilines is 1. The molecule has 0 radical (unpaired) electrons. The first kappa shape index (κ1) is 21.6. The molecule has 136 valence electrons. The average Bonchev–Trinajstić information content (AvgIpc) is 2.62. The summed E-state index contributed by atoms with van der Waals surface area (Å²) in [6, 6.07) is 10.6. The number of benzene rings is 1. The molecule has 2 heteroatoms. The molecule has 0 atom stereocenters. The van der Waals surface area contributed by atoms with Crippen molar-refractivity contribution < 1.29 is 0 Å². The molecule has 0 heterocycles. The minimum absolute atomic E-state index is 1.01. The van der Waals surface area contributed by atoms with Crippen LogP contribution in [0.2, 0.25) is 13.3 Å². The van der Waals surface area contributed by atoms with Crippen LogP contribution < -0.4 is 5.32 Å². The Kier molecular flexibility index (Phi) is 11.6. The Morgan fingerprint density at radius 1 is 0.875 bits per heavy atom. The van der Waals surface area contributed by atoms with E-state index in [4.69, 9.17) is 0 Å². The number of hydrogen-bond donors (Lipinski definition) is 1. The van der Waals surface area contributed by atoms with Gasteiger partial charge in [-0.15, -0.1) is 0 Å². The van der Waals surface area contributed by atoms with Gasteiger partial charge < -0.3 is 0 Å². The van der Waals surface area contributed by atoms with Crippen LogP contribution in [0, 0.1) is 0 Å². The second-order valence-corrected chi connectivity index (χ2v) is 20.3. The zero-order chi connectivity index (χ0) is 17.7. The van der Waals surface area contributed by atoms with Gasteiger partial charge in [-0.3, -0.25) is 0 Å². The molecule has 24 heavy (non-hydrogen) atoms. The van der Waals surface area contributed by atoms with Gasteiger partial charge in [-0.1, -0.05) is 0 Å². The van der Waals surface area contributed by atoms with Gasteiger partial charge in [0.25, 0.3) is 0 Å². The molecule has 0 fully saturated rings. The summed E-state index contributed by atoms with van der Waals surface area (Å²) >= 11 is -2.12. The fourth-order valence-corrected chi connectivity index (χ4v) is 19.3. The molecule has 0 unspecified atom stereocenters. The van der Waals surface area contributed by atoms with Crippen LogP contribution in [0.4, 0.5) is 5.69 Å². The first-order valence-corrected chi connectivity index (χ1v) is 17.8. The number of para-hydroxylation sites is 1. The van der Waals surface area contributed by atoms with Crippen molar-refractivity contribution in [3.8, 4) is 0 Å². The Balaban J connectivity index is 2.80. The Hall–Kier alpha value is -0.441. The maximum absolute atomic E-state index is 3.60. The maximum atomic E-state index is 3.60. The standard InChI is InChI=1S/C10H12N.3C4H9.Sn/c1-9(2)8-11-10-6-4-3-5-7-10;3*1-3-4-2;/h1,3-7,11H,8H2,2H3;3*1,3-4H2,2H3;. The van der Waals surface area contributed by atoms with E-state index in [9.17, 15) is 0 Å². The zero-order valence-electron chi connectivity index (χ0n) is 16.5. The van der Waals surface area contributed by atoms with E-state index < -0.39 is 18.4 Å². The van der Waals surface area contributed by atoms with Crippen LogP contribution in [0.3, 0.4) is 0 Å². The van der Waals surface area contributed by atoms with Crippen molar-refractivity contribution in [2.24, 2.45) is 0 Å². The van der Waals surface area contributed by atoms with Crippen LogP contribution >= 0.6 is 0 Å². The molecule has 1 N–H and O–H groups in total. The third-order valence-corrected chi connectivity index (χ3v) is 19.7. The van der Waals surface area contributed by atoms with E-state index in [0.717, 1.165) is 6.54 Å². The summed E-state index contributed by atoms with van der Waals surface area (Å²) in [5, 5.41) is 3.60. The molecule has 0 bridgehead atoms. The first-order chi connectivity index (χ1) is 11.7. The predicted molar refractivity (Wildman–Crippen MR) is 114 cm³/mol. The molecule has 1 rings (SSSR count). The second-order valence-electron chi connectivity index (χ2n) is 7.38. The molecular formula is C22H39NSn. The van der Waals surface area contributed by atoms with E-state index in [-0.39, 0.29) is 0 Å². The molecule has 0 aromatic heterocycles. The molecule has 0 spiro atoms. The van der Waals surface area contributed by atoms with Crippen LogP contribution in [-0.2, 0) is 0 Å². The van der Waals surface area contributed by atoms with Crippen molar-refractivity contribution in [1.82, 2.24) is 0 Å². The quantitative estimate of drug-likeness (QED) is 0.317. The van der Waals surface area contributed by atoms with E-state index in [1.54, 1.807) is 18.9 Å². The van der Waals surface area contributed by atoms with Crippen molar-refractivity contribution in [3.05, 3.63) is 40.0 Å². The Morgan fingerprint density at radius 3 is 1.83 bits per heavy atom. The zero-order valence-corrected chi connectivity index (χ0v) is 19.4. The summed E-state index contributed by atoms with van der Waals surface area (Å²) in [5.74, 6) is 0. The van der Waals surface area contributed by atoms with Gasteiger partial charge in [-0.05, 0) is 0 Å². The molecule has 0 aliphatic heterocycles. The molecule has 1 aromatic rings. The van der Waals surface area contributed by atoms with Gasteiger partial charge in [0.1, 0.15) is 0 Å². The predicted octanol–water partition coefficient (Wildman–Crippen LogP) is 7.43. The van der Waals surface area contributed by atoms with Crippen LogP contribution in [0.5, 0.6) is 0 Å². The first-order valence-electron chi connectivity index (χ1n) is 10.1. The molecule has 1 aromatic carbocycles. The van der Waals surface area contributed by atoms with Gasteiger partial charge in [0.05, 0.1) is 0 Å². The van der Waals surface area contributed by atoms with Gasteiger partial charge in [-0.25, -0.2) is 0 Å². The van der Waals surface area contributed by atoms with E-state index in [0.29, 0.717) is 0 Å². The Bertz CT molecular complexity index is 431. The van der Waals surface area contributed by atoms with E-state index in [1.165, 1.54) is 44.2 Å². The fourth-order valence-electron chi connectivity index (χ4n) is 3.55. The van der Waals surface area contributed by atoms with E-state index >= 15 is 0 Å². The third-order valence-electron chi connectivity index (χ3n) is 4.98. The molecular weight excluding hydrogens is 397 g/mol. The third kappa shape index (κ3) is 8.60. The van der Waals surface area contributed by atoms with E-state index in [2.05, 4.69) is 67.4 Å². The molecule has 0 amide bonds. The van der Waals surface area contributed by atoms with Crippen molar-refractivity contribution in [2.75, 3.05) is 11.9 Å². The molecule has 0 saturated heterocycles. The molecule has 1 nitrogen and oxygen atoms in total. The van der Waals surface area contributed by atoms with E-state index in [1.807, 2.05) is 0 Å². The summed E-state index contributed by atoms with van der Waals surface area (Å²) in [4.78, 5) is 0. The number of rotatable bonds is 13.